The van der Waals surface area contributed by atoms with Gasteiger partial charge in [0, 0.05) is 5.69 Å². The molecule has 0 saturated heterocycles. The van der Waals surface area contributed by atoms with Crippen LogP contribution in [0.4, 0.5) is 5.69 Å². The molecule has 0 aromatic heterocycles. The molecule has 0 aliphatic heterocycles. The standard InChI is InChI=1S/C11H12ClNO3S/c1-6(2)16-11(17)13-7-3-4-9(12)8(5-7)10(14)15/h3-6H,1-2H3,(H,13,17)(H,14,15). The van der Waals surface area contributed by atoms with Crippen molar-refractivity contribution in [3.63, 3.8) is 0 Å². The molecule has 0 spiro atoms. The van der Waals surface area contributed by atoms with Crippen molar-refractivity contribution in [3.05, 3.63) is 28.8 Å². The molecule has 0 fully saturated rings. The van der Waals surface area contributed by atoms with Gasteiger partial charge < -0.3 is 15.2 Å². The van der Waals surface area contributed by atoms with Crippen molar-refractivity contribution in [3.8, 4) is 0 Å². The monoisotopic (exact) mass is 273 g/mol. The highest BCUT2D eigenvalue weighted by Gasteiger charge is 2.10. The first-order valence-electron chi connectivity index (χ1n) is 4.90. The van der Waals surface area contributed by atoms with Crippen molar-refractivity contribution in [1.29, 1.82) is 0 Å². The van der Waals surface area contributed by atoms with Crippen LogP contribution >= 0.6 is 23.8 Å². The van der Waals surface area contributed by atoms with E-state index in [4.69, 9.17) is 33.7 Å². The molecule has 6 heteroatoms. The van der Waals surface area contributed by atoms with E-state index in [1.54, 1.807) is 6.07 Å². The Balaban J connectivity index is 2.82. The average molecular weight is 274 g/mol. The number of rotatable bonds is 3. The molecular formula is C11H12ClNO3S. The molecule has 1 aromatic carbocycles. The fraction of sp³-hybridized carbons (Fsp3) is 0.273. The van der Waals surface area contributed by atoms with Crippen molar-refractivity contribution in [2.75, 3.05) is 5.32 Å². The molecule has 0 aliphatic rings. The Morgan fingerprint density at radius 1 is 1.53 bits per heavy atom. The number of carboxylic acid groups (broad SMARTS) is 1. The van der Waals surface area contributed by atoms with E-state index in [2.05, 4.69) is 5.32 Å². The van der Waals surface area contributed by atoms with Gasteiger partial charge in [-0.05, 0) is 44.3 Å². The number of hydrogen-bond donors (Lipinski definition) is 2. The van der Waals surface area contributed by atoms with Crippen LogP contribution in [0.2, 0.25) is 5.02 Å². The van der Waals surface area contributed by atoms with Crippen molar-refractivity contribution < 1.29 is 14.6 Å². The molecule has 0 amide bonds. The highest BCUT2D eigenvalue weighted by molar-refractivity contribution is 7.80. The van der Waals surface area contributed by atoms with Gasteiger partial charge in [0.2, 0.25) is 0 Å². The van der Waals surface area contributed by atoms with Crippen LogP contribution in [0.15, 0.2) is 18.2 Å². The zero-order chi connectivity index (χ0) is 13.0. The third kappa shape index (κ3) is 4.20. The Labute approximate surface area is 110 Å². The second kappa shape index (κ2) is 5.84. The SMILES string of the molecule is CC(C)OC(=S)Nc1ccc(Cl)c(C(=O)O)c1. The molecule has 1 rings (SSSR count). The zero-order valence-corrected chi connectivity index (χ0v) is 10.9. The van der Waals surface area contributed by atoms with Gasteiger partial charge in [-0.3, -0.25) is 0 Å². The van der Waals surface area contributed by atoms with E-state index in [-0.39, 0.29) is 21.9 Å². The topological polar surface area (TPSA) is 58.6 Å². The molecule has 0 aliphatic carbocycles. The fourth-order valence-corrected chi connectivity index (χ4v) is 1.64. The third-order valence-corrected chi connectivity index (χ3v) is 2.31. The van der Waals surface area contributed by atoms with Crippen LogP contribution in [0.25, 0.3) is 0 Å². The molecule has 2 N–H and O–H groups in total. The molecule has 1 aromatic rings. The summed E-state index contributed by atoms with van der Waals surface area (Å²) in [7, 11) is 0. The summed E-state index contributed by atoms with van der Waals surface area (Å²) < 4.78 is 5.22. The van der Waals surface area contributed by atoms with Crippen LogP contribution < -0.4 is 5.32 Å². The summed E-state index contributed by atoms with van der Waals surface area (Å²) in [4.78, 5) is 10.9. The average Bonchev–Trinajstić information content (AvgIpc) is 2.19. The Hall–Kier alpha value is -1.33. The van der Waals surface area contributed by atoms with Crippen molar-refractivity contribution >= 4 is 40.7 Å². The van der Waals surface area contributed by atoms with Gasteiger partial charge in [0.1, 0.15) is 0 Å². The van der Waals surface area contributed by atoms with E-state index < -0.39 is 5.97 Å². The minimum atomic E-state index is -1.09. The number of nitrogens with one attached hydrogen (secondary N) is 1. The van der Waals surface area contributed by atoms with Crippen LogP contribution in [-0.4, -0.2) is 22.4 Å². The first-order valence-corrected chi connectivity index (χ1v) is 5.69. The lowest BCUT2D eigenvalue weighted by molar-refractivity contribution is 0.0697. The lowest BCUT2D eigenvalue weighted by Gasteiger charge is -2.12. The second-order valence-corrected chi connectivity index (χ2v) is 4.36. The number of carbonyl (C=O) groups is 1. The minimum absolute atomic E-state index is 0.0176. The molecule has 17 heavy (non-hydrogen) atoms. The van der Waals surface area contributed by atoms with E-state index in [1.165, 1.54) is 12.1 Å². The van der Waals surface area contributed by atoms with Crippen LogP contribution in [0.5, 0.6) is 0 Å². The third-order valence-electron chi connectivity index (χ3n) is 1.79. The number of hydrogen-bond acceptors (Lipinski definition) is 3. The predicted octanol–water partition coefficient (Wildman–Crippen LogP) is 3.16. The van der Waals surface area contributed by atoms with Gasteiger partial charge >= 0.3 is 5.97 Å². The Morgan fingerprint density at radius 2 is 2.18 bits per heavy atom. The summed E-state index contributed by atoms with van der Waals surface area (Å²) in [6, 6.07) is 4.52. The first kappa shape index (κ1) is 13.7. The quantitative estimate of drug-likeness (QED) is 0.829. The van der Waals surface area contributed by atoms with Crippen LogP contribution in [0, 0.1) is 0 Å². The lowest BCUT2D eigenvalue weighted by Crippen LogP contribution is -2.17. The summed E-state index contributed by atoms with van der Waals surface area (Å²) >= 11 is 10.7. The molecule has 0 heterocycles. The maximum absolute atomic E-state index is 10.9. The molecule has 0 radical (unpaired) electrons. The van der Waals surface area contributed by atoms with E-state index >= 15 is 0 Å². The molecular weight excluding hydrogens is 262 g/mol. The molecule has 0 saturated carbocycles. The normalized spacial score (nSPS) is 10.1. The van der Waals surface area contributed by atoms with E-state index in [9.17, 15) is 4.79 Å². The summed E-state index contributed by atoms with van der Waals surface area (Å²) in [6.07, 6.45) is -0.0405. The number of benzene rings is 1. The van der Waals surface area contributed by atoms with E-state index in [0.717, 1.165) is 0 Å². The van der Waals surface area contributed by atoms with E-state index in [0.29, 0.717) is 5.69 Å². The maximum Gasteiger partial charge on any atom is 0.337 e. The molecule has 0 atom stereocenters. The largest absolute Gasteiger partial charge is 0.478 e. The Kier molecular flexibility index (Phi) is 4.72. The van der Waals surface area contributed by atoms with Gasteiger partial charge in [-0.2, -0.15) is 0 Å². The van der Waals surface area contributed by atoms with Crippen LogP contribution in [-0.2, 0) is 4.74 Å². The number of halogens is 1. The van der Waals surface area contributed by atoms with Gasteiger partial charge in [0.15, 0.2) is 0 Å². The number of thiocarbonyl (C=S) groups is 1. The number of ether oxygens (including phenoxy) is 1. The van der Waals surface area contributed by atoms with Crippen LogP contribution in [0.3, 0.4) is 0 Å². The smallest absolute Gasteiger partial charge is 0.337 e. The van der Waals surface area contributed by atoms with Gasteiger partial charge in [0.05, 0.1) is 16.7 Å². The summed E-state index contributed by atoms with van der Waals surface area (Å²) in [5.41, 5.74) is 0.543. The van der Waals surface area contributed by atoms with Gasteiger partial charge in [-0.15, -0.1) is 0 Å². The van der Waals surface area contributed by atoms with Crippen LogP contribution in [0.1, 0.15) is 24.2 Å². The summed E-state index contributed by atoms with van der Waals surface area (Å²) in [6.45, 7) is 3.69. The van der Waals surface area contributed by atoms with Crippen molar-refractivity contribution in [1.82, 2.24) is 0 Å². The van der Waals surface area contributed by atoms with Crippen molar-refractivity contribution in [2.45, 2.75) is 20.0 Å². The first-order chi connectivity index (χ1) is 7.90. The Bertz CT molecular complexity index is 448. The molecule has 0 unspecified atom stereocenters. The lowest BCUT2D eigenvalue weighted by atomic mass is 10.2. The molecule has 4 nitrogen and oxygen atoms in total. The number of anilines is 1. The summed E-state index contributed by atoms with van der Waals surface area (Å²) in [5.74, 6) is -1.09. The molecule has 0 bridgehead atoms. The number of carboxylic acids is 1. The second-order valence-electron chi connectivity index (χ2n) is 3.58. The van der Waals surface area contributed by atoms with Gasteiger partial charge in [-0.1, -0.05) is 11.6 Å². The molecule has 92 valence electrons. The van der Waals surface area contributed by atoms with Gasteiger partial charge in [-0.25, -0.2) is 4.79 Å². The zero-order valence-electron chi connectivity index (χ0n) is 9.36. The minimum Gasteiger partial charge on any atom is -0.478 e. The Morgan fingerprint density at radius 3 is 2.71 bits per heavy atom. The van der Waals surface area contributed by atoms with E-state index in [1.807, 2.05) is 13.8 Å². The number of aromatic carboxylic acids is 1. The summed E-state index contributed by atoms with van der Waals surface area (Å²) in [5, 5.41) is 12.0. The highest BCUT2D eigenvalue weighted by atomic mass is 35.5. The maximum atomic E-state index is 10.9. The fourth-order valence-electron chi connectivity index (χ4n) is 1.13. The van der Waals surface area contributed by atoms with Gasteiger partial charge in [0.25, 0.3) is 5.17 Å². The van der Waals surface area contributed by atoms with Crippen molar-refractivity contribution in [2.24, 2.45) is 0 Å². The highest BCUT2D eigenvalue weighted by Crippen LogP contribution is 2.20. The predicted molar refractivity (Wildman–Crippen MR) is 70.9 cm³/mol.